The summed E-state index contributed by atoms with van der Waals surface area (Å²) in [7, 11) is 0. The molecule has 3 rings (SSSR count). The van der Waals surface area contributed by atoms with Crippen LogP contribution in [-0.2, 0) is 19.1 Å². The van der Waals surface area contributed by atoms with Crippen LogP contribution in [0.5, 0.6) is 0 Å². The van der Waals surface area contributed by atoms with Crippen molar-refractivity contribution in [2.45, 2.75) is 59.0 Å². The fourth-order valence-electron chi connectivity index (χ4n) is 2.86. The van der Waals surface area contributed by atoms with Gasteiger partial charge in [-0.2, -0.15) is 0 Å². The summed E-state index contributed by atoms with van der Waals surface area (Å²) < 4.78 is 10.6. The highest BCUT2D eigenvalue weighted by Crippen LogP contribution is 2.35. The number of allylic oxidation sites excluding steroid dienone is 1. The molecule has 3 aliphatic carbocycles. The molecule has 0 heterocycles. The van der Waals surface area contributed by atoms with E-state index < -0.39 is 11.9 Å². The van der Waals surface area contributed by atoms with E-state index in [0.717, 1.165) is 19.3 Å². The Bertz CT molecular complexity index is 419. The fraction of sp³-hybridized carbons (Fsp3) is 0.765. The van der Waals surface area contributed by atoms with Crippen molar-refractivity contribution in [1.82, 2.24) is 0 Å². The van der Waals surface area contributed by atoms with Gasteiger partial charge in [-0.1, -0.05) is 32.9 Å². The fourth-order valence-corrected chi connectivity index (χ4v) is 2.86. The zero-order chi connectivity index (χ0) is 15.5. The molecule has 0 aromatic carbocycles. The number of rotatable bonds is 4. The van der Waals surface area contributed by atoms with E-state index in [-0.39, 0.29) is 17.9 Å². The number of fused-ring (bicyclic) bond motifs is 3. The maximum absolute atomic E-state index is 11.9. The van der Waals surface area contributed by atoms with E-state index in [1.54, 1.807) is 0 Å². The molecule has 2 bridgehead atoms. The summed E-state index contributed by atoms with van der Waals surface area (Å²) in [6, 6.07) is 0. The summed E-state index contributed by atoms with van der Waals surface area (Å²) in [6.07, 6.45) is 8.29. The van der Waals surface area contributed by atoms with Gasteiger partial charge in [0.25, 0.3) is 0 Å². The Hall–Kier alpha value is -1.32. The van der Waals surface area contributed by atoms with Crippen LogP contribution in [0.3, 0.4) is 0 Å². The lowest BCUT2D eigenvalue weighted by molar-refractivity contribution is -0.160. The average Bonchev–Trinajstić information content (AvgIpc) is 2.69. The van der Waals surface area contributed by atoms with Crippen molar-refractivity contribution in [3.63, 3.8) is 0 Å². The predicted octanol–water partition coefficient (Wildman–Crippen LogP) is 3.25. The molecule has 0 spiro atoms. The molecular weight excluding hydrogens is 268 g/mol. The topological polar surface area (TPSA) is 52.6 Å². The Kier molecular flexibility index (Phi) is 5.07. The Morgan fingerprint density at radius 2 is 1.76 bits per heavy atom. The maximum atomic E-state index is 11.9. The lowest BCUT2D eigenvalue weighted by Crippen LogP contribution is -2.27. The second-order valence-corrected chi connectivity index (χ2v) is 7.39. The lowest BCUT2D eigenvalue weighted by Gasteiger charge is -2.23. The molecule has 4 nitrogen and oxygen atoms in total. The molecule has 3 unspecified atom stereocenters. The van der Waals surface area contributed by atoms with Crippen molar-refractivity contribution in [3.8, 4) is 0 Å². The van der Waals surface area contributed by atoms with Gasteiger partial charge in [0.1, 0.15) is 12.5 Å². The van der Waals surface area contributed by atoms with Crippen LogP contribution in [0, 0.1) is 17.3 Å². The Balaban J connectivity index is 1.76. The van der Waals surface area contributed by atoms with Crippen LogP contribution in [0.1, 0.15) is 52.9 Å². The molecule has 0 N–H and O–H groups in total. The van der Waals surface area contributed by atoms with Crippen LogP contribution in [0.2, 0.25) is 0 Å². The minimum Gasteiger partial charge on any atom is -0.465 e. The number of hydrogen-bond acceptors (Lipinski definition) is 4. The first-order valence-electron chi connectivity index (χ1n) is 7.87. The zero-order valence-corrected chi connectivity index (χ0v) is 13.3. The summed E-state index contributed by atoms with van der Waals surface area (Å²) in [5, 5.41) is 0. The molecule has 21 heavy (non-hydrogen) atoms. The van der Waals surface area contributed by atoms with E-state index in [1.807, 2.05) is 20.8 Å². The Morgan fingerprint density at radius 3 is 2.38 bits per heavy atom. The molecule has 118 valence electrons. The van der Waals surface area contributed by atoms with Crippen molar-refractivity contribution in [2.75, 3.05) is 6.61 Å². The van der Waals surface area contributed by atoms with E-state index in [2.05, 4.69) is 12.2 Å². The molecule has 3 atom stereocenters. The maximum Gasteiger partial charge on any atom is 0.317 e. The zero-order valence-electron chi connectivity index (χ0n) is 13.3. The van der Waals surface area contributed by atoms with Gasteiger partial charge in [0.2, 0.25) is 0 Å². The van der Waals surface area contributed by atoms with E-state index in [1.165, 1.54) is 6.42 Å². The number of ether oxygens (including phenoxy) is 2. The molecule has 0 aliphatic heterocycles. The second kappa shape index (κ2) is 6.63. The molecule has 0 amide bonds. The predicted molar refractivity (Wildman–Crippen MR) is 79.5 cm³/mol. The highest BCUT2D eigenvalue weighted by molar-refractivity contribution is 5.91. The van der Waals surface area contributed by atoms with Crippen LogP contribution < -0.4 is 0 Å². The minimum atomic E-state index is -0.497. The van der Waals surface area contributed by atoms with Gasteiger partial charge >= 0.3 is 11.9 Å². The first-order chi connectivity index (χ1) is 9.83. The van der Waals surface area contributed by atoms with Gasteiger partial charge in [0.05, 0.1) is 6.61 Å². The molecule has 3 aliphatic rings. The highest BCUT2D eigenvalue weighted by Gasteiger charge is 2.31. The van der Waals surface area contributed by atoms with E-state index in [0.29, 0.717) is 18.4 Å². The number of hydrogen-bond donors (Lipinski definition) is 0. The largest absolute Gasteiger partial charge is 0.465 e. The normalized spacial score (nSPS) is 28.0. The van der Waals surface area contributed by atoms with Gasteiger partial charge < -0.3 is 9.47 Å². The molecule has 1 fully saturated rings. The van der Waals surface area contributed by atoms with E-state index in [4.69, 9.17) is 9.47 Å². The number of carbonyl (C=O) groups excluding carboxylic acids is 2. The molecular formula is C17H26O4. The standard InChI is InChI=1S/C17H26O4/c1-17(2,3)11-20-15(18)10-16(19)21-14-9-6-12-4-7-13(14)8-5-12/h4,7,12-14H,5-6,8-11H2,1-3H3. The van der Waals surface area contributed by atoms with Gasteiger partial charge in [0, 0.05) is 5.92 Å². The SMILES string of the molecule is CC(C)(C)COC(=O)CC(=O)OC1CCC2C=CC1CC2. The number of esters is 2. The van der Waals surface area contributed by atoms with Crippen LogP contribution >= 0.6 is 0 Å². The van der Waals surface area contributed by atoms with Crippen molar-refractivity contribution in [1.29, 1.82) is 0 Å². The van der Waals surface area contributed by atoms with Gasteiger partial charge in [0.15, 0.2) is 0 Å². The van der Waals surface area contributed by atoms with Crippen LogP contribution in [0.4, 0.5) is 0 Å². The minimum absolute atomic E-state index is 0.0725. The third-order valence-corrected chi connectivity index (χ3v) is 4.04. The summed E-state index contributed by atoms with van der Waals surface area (Å²) in [4.78, 5) is 23.5. The summed E-state index contributed by atoms with van der Waals surface area (Å²) in [6.45, 7) is 6.25. The lowest BCUT2D eigenvalue weighted by atomic mass is 9.90. The van der Waals surface area contributed by atoms with Gasteiger partial charge in [-0.15, -0.1) is 0 Å². The third-order valence-electron chi connectivity index (χ3n) is 4.04. The first kappa shape index (κ1) is 16.1. The van der Waals surface area contributed by atoms with Crippen LogP contribution in [0.15, 0.2) is 12.2 Å². The quantitative estimate of drug-likeness (QED) is 0.454. The summed E-state index contributed by atoms with van der Waals surface area (Å²) in [5.41, 5.74) is -0.0928. The van der Waals surface area contributed by atoms with Gasteiger partial charge in [-0.25, -0.2) is 0 Å². The summed E-state index contributed by atoms with van der Waals surface area (Å²) in [5.74, 6) is 0.000968. The number of carbonyl (C=O) groups is 2. The van der Waals surface area contributed by atoms with Gasteiger partial charge in [-0.3, -0.25) is 9.59 Å². The monoisotopic (exact) mass is 294 g/mol. The Morgan fingerprint density at radius 1 is 1.05 bits per heavy atom. The summed E-state index contributed by atoms with van der Waals surface area (Å²) >= 11 is 0. The second-order valence-electron chi connectivity index (χ2n) is 7.39. The van der Waals surface area contributed by atoms with E-state index >= 15 is 0 Å². The average molecular weight is 294 g/mol. The molecule has 0 aromatic rings. The van der Waals surface area contributed by atoms with Crippen molar-refractivity contribution >= 4 is 11.9 Å². The van der Waals surface area contributed by atoms with Gasteiger partial charge in [-0.05, 0) is 37.0 Å². The van der Waals surface area contributed by atoms with E-state index in [9.17, 15) is 9.59 Å². The molecule has 0 saturated heterocycles. The highest BCUT2D eigenvalue weighted by atomic mass is 16.6. The van der Waals surface area contributed by atoms with Crippen molar-refractivity contribution in [2.24, 2.45) is 17.3 Å². The Labute approximate surface area is 126 Å². The molecule has 0 radical (unpaired) electrons. The van der Waals surface area contributed by atoms with Crippen LogP contribution in [-0.4, -0.2) is 24.6 Å². The van der Waals surface area contributed by atoms with Crippen LogP contribution in [0.25, 0.3) is 0 Å². The first-order valence-corrected chi connectivity index (χ1v) is 7.87. The smallest absolute Gasteiger partial charge is 0.317 e. The molecule has 0 aromatic heterocycles. The van der Waals surface area contributed by atoms with Crippen molar-refractivity contribution in [3.05, 3.63) is 12.2 Å². The third kappa shape index (κ3) is 5.18. The van der Waals surface area contributed by atoms with Crippen molar-refractivity contribution < 1.29 is 19.1 Å². The molecule has 4 heteroatoms. The molecule has 1 saturated carbocycles.